The number of rotatable bonds is 0. The van der Waals surface area contributed by atoms with Gasteiger partial charge in [-0.25, -0.2) is 4.79 Å². The summed E-state index contributed by atoms with van der Waals surface area (Å²) in [5.74, 6) is -0.319. The fourth-order valence-corrected chi connectivity index (χ4v) is 3.27. The highest BCUT2D eigenvalue weighted by Crippen LogP contribution is 2.34. The molecule has 2 aromatic heterocycles. The predicted octanol–water partition coefficient (Wildman–Crippen LogP) is 2.32. The minimum absolute atomic E-state index is 0.0469. The van der Waals surface area contributed by atoms with Gasteiger partial charge in [-0.05, 0) is 31.4 Å². The van der Waals surface area contributed by atoms with Crippen LogP contribution in [0, 0.1) is 0 Å². The number of pyridine rings is 1. The monoisotopic (exact) mass is 283 g/mol. The normalized spacial score (nSPS) is 17.5. The maximum atomic E-state index is 12.7. The van der Waals surface area contributed by atoms with E-state index in [1.165, 1.54) is 0 Å². The van der Waals surface area contributed by atoms with Crippen molar-refractivity contribution in [1.29, 1.82) is 0 Å². The fourth-order valence-electron chi connectivity index (χ4n) is 3.27. The molecule has 3 aromatic rings. The summed E-state index contributed by atoms with van der Waals surface area (Å²) >= 11 is 0. The minimum atomic E-state index is -0.658. The molecule has 0 fully saturated rings. The van der Waals surface area contributed by atoms with E-state index in [-0.39, 0.29) is 28.3 Å². The molecule has 106 valence electrons. The molecule has 3 heterocycles. The highest BCUT2D eigenvalue weighted by Gasteiger charge is 2.24. The maximum Gasteiger partial charge on any atom is 0.339 e. The number of hydrogen-bond acceptors (Lipinski definition) is 4. The SMILES string of the molecule is CC1CCc2cccc3c4oc(=O)cc(O)c4c(=O)n1c23. The van der Waals surface area contributed by atoms with Crippen LogP contribution in [0.25, 0.3) is 21.9 Å². The molecule has 1 unspecified atom stereocenters. The van der Waals surface area contributed by atoms with E-state index < -0.39 is 5.63 Å². The number of aromatic nitrogens is 1. The van der Waals surface area contributed by atoms with Gasteiger partial charge in [0, 0.05) is 11.4 Å². The highest BCUT2D eigenvalue weighted by atomic mass is 16.4. The van der Waals surface area contributed by atoms with Crippen LogP contribution in [0.2, 0.25) is 0 Å². The van der Waals surface area contributed by atoms with Crippen molar-refractivity contribution in [3.05, 3.63) is 50.6 Å². The lowest BCUT2D eigenvalue weighted by Crippen LogP contribution is -2.28. The van der Waals surface area contributed by atoms with Gasteiger partial charge < -0.3 is 14.1 Å². The standard InChI is InChI=1S/C16H13NO4/c1-8-5-6-9-3-2-4-10-14(9)17(8)16(20)13-11(18)7-12(19)21-15(10)13/h2-4,7-8,18H,5-6H2,1H3. The summed E-state index contributed by atoms with van der Waals surface area (Å²) in [7, 11) is 0. The number of aromatic hydroxyl groups is 1. The summed E-state index contributed by atoms with van der Waals surface area (Å²) in [5, 5.41) is 10.8. The van der Waals surface area contributed by atoms with Gasteiger partial charge in [-0.15, -0.1) is 0 Å². The number of para-hydroxylation sites is 1. The summed E-state index contributed by atoms with van der Waals surface area (Å²) in [6.45, 7) is 1.98. The molecule has 21 heavy (non-hydrogen) atoms. The Balaban J connectivity index is 2.41. The Morgan fingerprint density at radius 1 is 1.33 bits per heavy atom. The third-order valence-electron chi connectivity index (χ3n) is 4.25. The molecule has 1 N–H and O–H groups in total. The molecular weight excluding hydrogens is 270 g/mol. The first-order valence-electron chi connectivity index (χ1n) is 6.91. The van der Waals surface area contributed by atoms with E-state index in [0.717, 1.165) is 30.0 Å². The van der Waals surface area contributed by atoms with E-state index >= 15 is 0 Å². The predicted molar refractivity (Wildman–Crippen MR) is 78.9 cm³/mol. The minimum Gasteiger partial charge on any atom is -0.507 e. The van der Waals surface area contributed by atoms with Crippen LogP contribution in [0.4, 0.5) is 0 Å². The van der Waals surface area contributed by atoms with E-state index in [9.17, 15) is 14.7 Å². The molecule has 0 amide bonds. The van der Waals surface area contributed by atoms with Gasteiger partial charge in [-0.2, -0.15) is 0 Å². The number of nitrogens with zero attached hydrogens (tertiary/aromatic N) is 1. The van der Waals surface area contributed by atoms with Crippen LogP contribution >= 0.6 is 0 Å². The van der Waals surface area contributed by atoms with Crippen molar-refractivity contribution in [3.8, 4) is 5.75 Å². The number of hydrogen-bond donors (Lipinski definition) is 1. The first kappa shape index (κ1) is 12.2. The lowest BCUT2D eigenvalue weighted by molar-refractivity contribution is 0.461. The Bertz CT molecular complexity index is 1010. The topological polar surface area (TPSA) is 72.4 Å². The van der Waals surface area contributed by atoms with Gasteiger partial charge >= 0.3 is 5.63 Å². The van der Waals surface area contributed by atoms with E-state index in [1.54, 1.807) is 4.57 Å². The molecule has 0 saturated carbocycles. The average Bonchev–Trinajstić information content (AvgIpc) is 2.44. The van der Waals surface area contributed by atoms with Crippen LogP contribution < -0.4 is 11.2 Å². The van der Waals surface area contributed by atoms with Gasteiger partial charge in [0.1, 0.15) is 11.1 Å². The van der Waals surface area contributed by atoms with Gasteiger partial charge in [0.05, 0.1) is 11.6 Å². The largest absolute Gasteiger partial charge is 0.507 e. The van der Waals surface area contributed by atoms with Crippen molar-refractivity contribution in [3.63, 3.8) is 0 Å². The highest BCUT2D eigenvalue weighted by molar-refractivity contribution is 6.05. The lowest BCUT2D eigenvalue weighted by atomic mass is 9.96. The zero-order valence-corrected chi connectivity index (χ0v) is 11.4. The number of fused-ring (bicyclic) bond motifs is 2. The molecule has 0 bridgehead atoms. The second-order valence-electron chi connectivity index (χ2n) is 5.53. The first-order chi connectivity index (χ1) is 10.1. The quantitative estimate of drug-likeness (QED) is 0.643. The third kappa shape index (κ3) is 1.51. The van der Waals surface area contributed by atoms with Crippen LogP contribution in [0.15, 0.2) is 38.3 Å². The zero-order valence-electron chi connectivity index (χ0n) is 11.4. The van der Waals surface area contributed by atoms with Crippen LogP contribution in [0.3, 0.4) is 0 Å². The van der Waals surface area contributed by atoms with E-state index in [2.05, 4.69) is 0 Å². The van der Waals surface area contributed by atoms with Crippen molar-refractivity contribution >= 4 is 21.9 Å². The molecule has 5 heteroatoms. The average molecular weight is 283 g/mol. The summed E-state index contributed by atoms with van der Waals surface area (Å²) in [6.07, 6.45) is 1.75. The van der Waals surface area contributed by atoms with Gasteiger partial charge in [0.15, 0.2) is 5.58 Å². The Kier molecular flexibility index (Phi) is 2.31. The van der Waals surface area contributed by atoms with E-state index in [0.29, 0.717) is 5.39 Å². The third-order valence-corrected chi connectivity index (χ3v) is 4.25. The molecule has 0 spiro atoms. The molecule has 0 aliphatic carbocycles. The zero-order chi connectivity index (χ0) is 14.7. The Labute approximate surface area is 119 Å². The Hall–Kier alpha value is -2.56. The van der Waals surface area contributed by atoms with Crippen molar-refractivity contribution < 1.29 is 9.52 Å². The summed E-state index contributed by atoms with van der Waals surface area (Å²) < 4.78 is 6.93. The van der Waals surface area contributed by atoms with E-state index in [1.807, 2.05) is 25.1 Å². The number of benzene rings is 1. The summed E-state index contributed by atoms with van der Waals surface area (Å²) in [5.41, 5.74) is 1.08. The molecule has 5 nitrogen and oxygen atoms in total. The second kappa shape index (κ2) is 3.97. The fraction of sp³-hybridized carbons (Fsp3) is 0.250. The van der Waals surface area contributed by atoms with Gasteiger partial charge in [0.25, 0.3) is 5.56 Å². The second-order valence-corrected chi connectivity index (χ2v) is 5.53. The molecule has 1 aromatic carbocycles. The van der Waals surface area contributed by atoms with Crippen molar-refractivity contribution in [1.82, 2.24) is 4.57 Å². The summed E-state index contributed by atoms with van der Waals surface area (Å²) in [4.78, 5) is 24.3. The molecule has 0 radical (unpaired) electrons. The maximum absolute atomic E-state index is 12.7. The molecule has 1 atom stereocenters. The van der Waals surface area contributed by atoms with Crippen LogP contribution in [-0.4, -0.2) is 9.67 Å². The smallest absolute Gasteiger partial charge is 0.339 e. The van der Waals surface area contributed by atoms with Gasteiger partial charge in [-0.1, -0.05) is 12.1 Å². The molecular formula is C16H13NO4. The van der Waals surface area contributed by atoms with Crippen LogP contribution in [0.1, 0.15) is 24.9 Å². The Morgan fingerprint density at radius 2 is 2.14 bits per heavy atom. The van der Waals surface area contributed by atoms with Gasteiger partial charge in [-0.3, -0.25) is 4.79 Å². The first-order valence-corrected chi connectivity index (χ1v) is 6.91. The van der Waals surface area contributed by atoms with Crippen LogP contribution in [0.5, 0.6) is 5.75 Å². The molecule has 4 rings (SSSR count). The summed E-state index contributed by atoms with van der Waals surface area (Å²) in [6, 6.07) is 6.67. The molecule has 1 aliphatic rings. The van der Waals surface area contributed by atoms with Crippen molar-refractivity contribution in [2.24, 2.45) is 0 Å². The molecule has 1 aliphatic heterocycles. The Morgan fingerprint density at radius 3 is 2.95 bits per heavy atom. The lowest BCUT2D eigenvalue weighted by Gasteiger charge is -2.25. The van der Waals surface area contributed by atoms with Crippen molar-refractivity contribution in [2.45, 2.75) is 25.8 Å². The molecule has 0 saturated heterocycles. The van der Waals surface area contributed by atoms with Crippen molar-refractivity contribution in [2.75, 3.05) is 0 Å². The van der Waals surface area contributed by atoms with Crippen LogP contribution in [-0.2, 0) is 6.42 Å². The number of aryl methyl sites for hydroxylation is 1. The van der Waals surface area contributed by atoms with E-state index in [4.69, 9.17) is 4.42 Å². The van der Waals surface area contributed by atoms with Gasteiger partial charge in [0.2, 0.25) is 0 Å².